The summed E-state index contributed by atoms with van der Waals surface area (Å²) in [6.45, 7) is 15.7. The number of anilines is 6. The molecule has 0 unspecified atom stereocenters. The van der Waals surface area contributed by atoms with Gasteiger partial charge in [0.2, 0.25) is 0 Å². The highest BCUT2D eigenvalue weighted by atomic mass is 15.2. The lowest BCUT2D eigenvalue weighted by atomic mass is 9.93. The van der Waals surface area contributed by atoms with E-state index in [1.807, 2.05) is 0 Å². The fraction of sp³-hybridized carbons (Fsp3) is 0.192. The number of fused-ring (bicyclic) bond motifs is 3. The van der Waals surface area contributed by atoms with Crippen LogP contribution >= 0.6 is 0 Å². The molecule has 0 fully saturated rings. The zero-order valence-electron chi connectivity index (χ0n) is 32.6. The van der Waals surface area contributed by atoms with Crippen LogP contribution in [0.1, 0.15) is 81.5 Å². The standard InChI is InChI=1S/C52H50N2/c1-34(2)38-18-26-44(27-19-38)53(43-24-16-37(7)17-25-43)51-47-14-10-8-12-41(47)33-50-49(51)32-42-13-9-11-15-48(42)52(50)54(45-28-20-39(21-29-45)35(3)4)46-30-22-40(23-31-46)36(5)6/h8-36H,1-7H3. The molecular formula is C52H50N2. The average Bonchev–Trinajstić information content (AvgIpc) is 3.19. The van der Waals surface area contributed by atoms with Crippen LogP contribution < -0.4 is 9.80 Å². The molecule has 0 amide bonds. The Bertz CT molecular complexity index is 2510. The van der Waals surface area contributed by atoms with E-state index < -0.39 is 0 Å². The number of nitrogens with zero attached hydrogens (tertiary/aromatic N) is 2. The largest absolute Gasteiger partial charge is 0.309 e. The van der Waals surface area contributed by atoms with Crippen molar-refractivity contribution in [1.82, 2.24) is 0 Å². The van der Waals surface area contributed by atoms with Crippen molar-refractivity contribution in [2.75, 3.05) is 9.80 Å². The molecule has 0 radical (unpaired) electrons. The van der Waals surface area contributed by atoms with Gasteiger partial charge in [0.15, 0.2) is 0 Å². The lowest BCUT2D eigenvalue weighted by Gasteiger charge is -2.32. The summed E-state index contributed by atoms with van der Waals surface area (Å²) in [4.78, 5) is 4.97. The fourth-order valence-corrected chi connectivity index (χ4v) is 7.84. The summed E-state index contributed by atoms with van der Waals surface area (Å²) in [5.74, 6) is 1.36. The van der Waals surface area contributed by atoms with Gasteiger partial charge in [0.05, 0.1) is 11.4 Å². The Hall–Kier alpha value is -5.86. The smallest absolute Gasteiger partial charge is 0.0619 e. The topological polar surface area (TPSA) is 6.48 Å². The lowest BCUT2D eigenvalue weighted by Crippen LogP contribution is -2.14. The van der Waals surface area contributed by atoms with E-state index in [2.05, 4.69) is 216 Å². The Balaban J connectivity index is 1.50. The van der Waals surface area contributed by atoms with Crippen molar-refractivity contribution >= 4 is 66.4 Å². The molecule has 2 nitrogen and oxygen atoms in total. The molecule has 0 aliphatic heterocycles. The third-order valence-corrected chi connectivity index (χ3v) is 11.0. The molecule has 0 heterocycles. The molecule has 8 aromatic rings. The second kappa shape index (κ2) is 14.5. The summed E-state index contributed by atoms with van der Waals surface area (Å²) >= 11 is 0. The molecule has 8 aromatic carbocycles. The second-order valence-corrected chi connectivity index (χ2v) is 15.7. The molecule has 0 N–H and O–H groups in total. The Kier molecular flexibility index (Phi) is 9.46. The van der Waals surface area contributed by atoms with Crippen LogP contribution in [0.2, 0.25) is 0 Å². The molecule has 0 aromatic heterocycles. The molecule has 0 atom stereocenters. The van der Waals surface area contributed by atoms with Crippen molar-refractivity contribution in [1.29, 1.82) is 0 Å². The van der Waals surface area contributed by atoms with E-state index >= 15 is 0 Å². The van der Waals surface area contributed by atoms with E-state index in [0.717, 1.165) is 22.7 Å². The Morgan fingerprint density at radius 1 is 0.333 bits per heavy atom. The van der Waals surface area contributed by atoms with Crippen molar-refractivity contribution in [2.45, 2.75) is 66.2 Å². The minimum atomic E-state index is 0.451. The normalized spacial score (nSPS) is 11.7. The van der Waals surface area contributed by atoms with Gasteiger partial charge in [0.25, 0.3) is 0 Å². The average molecular weight is 703 g/mol. The summed E-state index contributed by atoms with van der Waals surface area (Å²) in [6, 6.07) is 59.2. The third kappa shape index (κ3) is 6.51. The highest BCUT2D eigenvalue weighted by Crippen LogP contribution is 2.50. The predicted molar refractivity (Wildman–Crippen MR) is 235 cm³/mol. The molecule has 0 saturated carbocycles. The maximum absolute atomic E-state index is 2.49. The molecule has 0 aliphatic rings. The monoisotopic (exact) mass is 702 g/mol. The molecule has 268 valence electrons. The molecular weight excluding hydrogens is 653 g/mol. The quantitative estimate of drug-likeness (QED) is 0.138. The maximum Gasteiger partial charge on any atom is 0.0619 e. The fourth-order valence-electron chi connectivity index (χ4n) is 7.84. The van der Waals surface area contributed by atoms with Crippen LogP contribution in [-0.4, -0.2) is 0 Å². The van der Waals surface area contributed by atoms with Crippen LogP contribution in [0.3, 0.4) is 0 Å². The van der Waals surface area contributed by atoms with Crippen molar-refractivity contribution in [3.8, 4) is 0 Å². The van der Waals surface area contributed by atoms with Gasteiger partial charge < -0.3 is 9.80 Å². The van der Waals surface area contributed by atoms with Gasteiger partial charge in [-0.15, -0.1) is 0 Å². The third-order valence-electron chi connectivity index (χ3n) is 11.0. The summed E-state index contributed by atoms with van der Waals surface area (Å²) in [7, 11) is 0. The molecule has 8 rings (SSSR count). The molecule has 54 heavy (non-hydrogen) atoms. The van der Waals surface area contributed by atoms with E-state index in [-0.39, 0.29) is 0 Å². The van der Waals surface area contributed by atoms with Gasteiger partial charge in [-0.05, 0) is 113 Å². The van der Waals surface area contributed by atoms with Crippen LogP contribution in [0.4, 0.5) is 34.1 Å². The summed E-state index contributed by atoms with van der Waals surface area (Å²) in [5.41, 5.74) is 12.2. The van der Waals surface area contributed by atoms with Gasteiger partial charge in [-0.25, -0.2) is 0 Å². The van der Waals surface area contributed by atoms with E-state index in [0.29, 0.717) is 17.8 Å². The predicted octanol–water partition coefficient (Wildman–Crippen LogP) is 15.8. The SMILES string of the molecule is Cc1ccc(N(c2ccc(C(C)C)cc2)c2c3ccccc3cc3c(N(c4ccc(C(C)C)cc4)c4ccc(C(C)C)cc4)c4ccccc4cc23)cc1. The first-order valence-corrected chi connectivity index (χ1v) is 19.5. The summed E-state index contributed by atoms with van der Waals surface area (Å²) < 4.78 is 0. The Morgan fingerprint density at radius 2 is 0.630 bits per heavy atom. The van der Waals surface area contributed by atoms with Gasteiger partial charge in [0.1, 0.15) is 0 Å². The lowest BCUT2D eigenvalue weighted by molar-refractivity contribution is 0.866. The molecule has 0 bridgehead atoms. The first kappa shape index (κ1) is 35.2. The first-order chi connectivity index (χ1) is 26.2. The zero-order valence-corrected chi connectivity index (χ0v) is 32.6. The summed E-state index contributed by atoms with van der Waals surface area (Å²) in [5, 5.41) is 7.26. The van der Waals surface area contributed by atoms with Crippen LogP contribution in [0.5, 0.6) is 0 Å². The molecule has 0 saturated heterocycles. The number of aryl methyl sites for hydroxylation is 1. The molecule has 0 aliphatic carbocycles. The van der Waals surface area contributed by atoms with Crippen LogP contribution in [0, 0.1) is 6.92 Å². The maximum atomic E-state index is 2.49. The number of benzene rings is 8. The first-order valence-electron chi connectivity index (χ1n) is 19.5. The van der Waals surface area contributed by atoms with Gasteiger partial charge in [-0.3, -0.25) is 0 Å². The van der Waals surface area contributed by atoms with Crippen molar-refractivity contribution in [2.24, 2.45) is 0 Å². The Morgan fingerprint density at radius 3 is 0.944 bits per heavy atom. The number of hydrogen-bond acceptors (Lipinski definition) is 2. The molecule has 2 heteroatoms. The summed E-state index contributed by atoms with van der Waals surface area (Å²) in [6.07, 6.45) is 0. The van der Waals surface area contributed by atoms with Crippen LogP contribution in [0.25, 0.3) is 32.3 Å². The van der Waals surface area contributed by atoms with Crippen molar-refractivity contribution in [3.63, 3.8) is 0 Å². The van der Waals surface area contributed by atoms with Gasteiger partial charge >= 0.3 is 0 Å². The zero-order chi connectivity index (χ0) is 37.5. The number of rotatable bonds is 9. The van der Waals surface area contributed by atoms with Crippen LogP contribution in [-0.2, 0) is 0 Å². The van der Waals surface area contributed by atoms with Gasteiger partial charge in [0, 0.05) is 44.3 Å². The minimum Gasteiger partial charge on any atom is -0.309 e. The van der Waals surface area contributed by atoms with E-state index in [1.54, 1.807) is 0 Å². The van der Waals surface area contributed by atoms with Gasteiger partial charge in [-0.1, -0.05) is 144 Å². The highest BCUT2D eigenvalue weighted by molar-refractivity contribution is 6.23. The minimum absolute atomic E-state index is 0.451. The highest BCUT2D eigenvalue weighted by Gasteiger charge is 2.25. The second-order valence-electron chi connectivity index (χ2n) is 15.7. The van der Waals surface area contributed by atoms with Gasteiger partial charge in [-0.2, -0.15) is 0 Å². The van der Waals surface area contributed by atoms with E-state index in [1.165, 1.54) is 65.9 Å². The Labute approximate surface area is 321 Å². The van der Waals surface area contributed by atoms with Crippen molar-refractivity contribution in [3.05, 3.63) is 180 Å². The van der Waals surface area contributed by atoms with Crippen LogP contribution in [0.15, 0.2) is 158 Å². The van der Waals surface area contributed by atoms with E-state index in [9.17, 15) is 0 Å². The molecule has 0 spiro atoms. The van der Waals surface area contributed by atoms with E-state index in [4.69, 9.17) is 0 Å². The van der Waals surface area contributed by atoms with Crippen molar-refractivity contribution < 1.29 is 0 Å². The number of hydrogen-bond donors (Lipinski definition) is 0.